The van der Waals surface area contributed by atoms with Crippen LogP contribution >= 0.6 is 0 Å². The third-order valence-electron chi connectivity index (χ3n) is 7.75. The monoisotopic (exact) mass is 514 g/mol. The van der Waals surface area contributed by atoms with E-state index in [1.54, 1.807) is 14.1 Å². The molecule has 4 atom stereocenters. The summed E-state index contributed by atoms with van der Waals surface area (Å²) in [6, 6.07) is 0.810. The van der Waals surface area contributed by atoms with E-state index >= 15 is 0 Å². The number of hydrogen-bond acceptors (Lipinski definition) is 10. The Morgan fingerprint density at radius 3 is 2.24 bits per heavy atom. The molecule has 4 unspecified atom stereocenters. The summed E-state index contributed by atoms with van der Waals surface area (Å²) in [5, 5.41) is 45.1. The number of anilines is 1. The third kappa shape index (κ3) is 3.72. The number of ketones is 2. The molecule has 0 saturated heterocycles. The molecule has 11 heteroatoms. The topological polar surface area (TPSA) is 168 Å². The van der Waals surface area contributed by atoms with Gasteiger partial charge in [-0.15, -0.1) is 0 Å². The highest BCUT2D eigenvalue weighted by Crippen LogP contribution is 2.53. The zero-order chi connectivity index (χ0) is 27.7. The van der Waals surface area contributed by atoms with Gasteiger partial charge in [0.25, 0.3) is 5.91 Å². The van der Waals surface area contributed by atoms with Crippen molar-refractivity contribution in [2.24, 2.45) is 17.6 Å². The van der Waals surface area contributed by atoms with Crippen LogP contribution in [0.5, 0.6) is 5.75 Å². The molecule has 11 nitrogen and oxygen atoms in total. The second-order valence-corrected chi connectivity index (χ2v) is 10.9. The van der Waals surface area contributed by atoms with Crippen molar-refractivity contribution in [3.63, 3.8) is 0 Å². The van der Waals surface area contributed by atoms with Gasteiger partial charge in [-0.3, -0.25) is 19.3 Å². The normalized spacial score (nSPS) is 27.4. The average molecular weight is 515 g/mol. The SMILES string of the molecule is CN(C)Cc1cc(N(C)C)c2c(c1O)C(=O)C1=C(O)C3(O)C(=O)C(C(N)=O)=C(O)C(N(C)C)C3CC1C2. The van der Waals surface area contributed by atoms with Crippen LogP contribution in [-0.4, -0.2) is 102 Å². The second-order valence-electron chi connectivity index (χ2n) is 10.9. The van der Waals surface area contributed by atoms with Crippen molar-refractivity contribution in [1.82, 2.24) is 9.80 Å². The zero-order valence-electron chi connectivity index (χ0n) is 21.9. The van der Waals surface area contributed by atoms with Crippen molar-refractivity contribution in [3.8, 4) is 5.75 Å². The van der Waals surface area contributed by atoms with Gasteiger partial charge < -0.3 is 36.0 Å². The lowest BCUT2D eigenvalue weighted by atomic mass is 9.58. The van der Waals surface area contributed by atoms with E-state index in [4.69, 9.17) is 5.73 Å². The van der Waals surface area contributed by atoms with E-state index in [-0.39, 0.29) is 29.7 Å². The summed E-state index contributed by atoms with van der Waals surface area (Å²) in [5.74, 6) is -6.52. The average Bonchev–Trinajstić information content (AvgIpc) is 2.77. The number of allylic oxidation sites excluding steroid dienone is 1. The van der Waals surface area contributed by atoms with Crippen molar-refractivity contribution in [2.45, 2.75) is 31.0 Å². The molecule has 1 aromatic rings. The fourth-order valence-corrected chi connectivity index (χ4v) is 6.21. The molecule has 0 aromatic heterocycles. The molecule has 37 heavy (non-hydrogen) atoms. The number of primary amides is 1. The summed E-state index contributed by atoms with van der Waals surface area (Å²) in [4.78, 5) is 44.6. The predicted molar refractivity (Wildman–Crippen MR) is 135 cm³/mol. The minimum atomic E-state index is -2.65. The van der Waals surface area contributed by atoms with Gasteiger partial charge in [0.15, 0.2) is 11.4 Å². The number of likely N-dealkylation sites (N-methyl/N-ethyl adjacent to an activating group) is 1. The highest BCUT2D eigenvalue weighted by molar-refractivity contribution is 6.24. The Kier molecular flexibility index (Phi) is 6.38. The van der Waals surface area contributed by atoms with Crippen molar-refractivity contribution in [2.75, 3.05) is 47.2 Å². The Hall–Kier alpha value is -3.41. The molecule has 0 fully saturated rings. The number of amides is 1. The number of carbonyl (C=O) groups is 3. The number of carbonyl (C=O) groups excluding carboxylic acids is 3. The third-order valence-corrected chi connectivity index (χ3v) is 7.75. The van der Waals surface area contributed by atoms with E-state index < -0.39 is 58.0 Å². The molecule has 0 spiro atoms. The van der Waals surface area contributed by atoms with E-state index in [0.29, 0.717) is 17.7 Å². The summed E-state index contributed by atoms with van der Waals surface area (Å²) < 4.78 is 0. The Morgan fingerprint density at radius 1 is 1.11 bits per heavy atom. The van der Waals surface area contributed by atoms with Crippen LogP contribution in [0.1, 0.15) is 27.9 Å². The maximum Gasteiger partial charge on any atom is 0.255 e. The van der Waals surface area contributed by atoms with Crippen LogP contribution in [0.4, 0.5) is 5.69 Å². The quantitative estimate of drug-likeness (QED) is 0.344. The lowest BCUT2D eigenvalue weighted by Crippen LogP contribution is -2.63. The van der Waals surface area contributed by atoms with Crippen molar-refractivity contribution < 1.29 is 34.8 Å². The van der Waals surface area contributed by atoms with Gasteiger partial charge in [-0.1, -0.05) is 0 Å². The van der Waals surface area contributed by atoms with Crippen molar-refractivity contribution in [1.29, 1.82) is 0 Å². The van der Waals surface area contributed by atoms with Gasteiger partial charge in [-0.05, 0) is 58.6 Å². The molecular weight excluding hydrogens is 480 g/mol. The summed E-state index contributed by atoms with van der Waals surface area (Å²) >= 11 is 0. The number of nitrogens with zero attached hydrogens (tertiary/aromatic N) is 3. The van der Waals surface area contributed by atoms with Crippen molar-refractivity contribution >= 4 is 23.2 Å². The molecule has 1 aromatic carbocycles. The lowest BCUT2D eigenvalue weighted by molar-refractivity contribution is -0.148. The second kappa shape index (κ2) is 8.86. The van der Waals surface area contributed by atoms with Gasteiger partial charge in [0.05, 0.1) is 11.6 Å². The molecule has 0 bridgehead atoms. The highest BCUT2D eigenvalue weighted by atomic mass is 16.3. The molecular formula is C26H34N4O7. The molecule has 4 rings (SSSR count). The van der Waals surface area contributed by atoms with E-state index in [1.807, 2.05) is 44.1 Å². The summed E-state index contributed by atoms with van der Waals surface area (Å²) in [6.07, 6.45) is 0.302. The molecule has 3 aliphatic rings. The largest absolute Gasteiger partial charge is 0.510 e. The minimum Gasteiger partial charge on any atom is -0.510 e. The molecule has 0 radical (unpaired) electrons. The van der Waals surface area contributed by atoms with Gasteiger partial charge in [0.2, 0.25) is 5.78 Å². The van der Waals surface area contributed by atoms with Gasteiger partial charge in [-0.25, -0.2) is 0 Å². The van der Waals surface area contributed by atoms with Crippen LogP contribution in [0.3, 0.4) is 0 Å². The fourth-order valence-electron chi connectivity index (χ4n) is 6.21. The van der Waals surface area contributed by atoms with E-state index in [1.165, 1.54) is 4.90 Å². The lowest BCUT2D eigenvalue weighted by Gasteiger charge is -2.50. The molecule has 1 amide bonds. The first kappa shape index (κ1) is 26.6. The number of phenolic OH excluding ortho intramolecular Hbond substituents is 1. The smallest absolute Gasteiger partial charge is 0.255 e. The van der Waals surface area contributed by atoms with Crippen LogP contribution in [0.2, 0.25) is 0 Å². The first-order valence-corrected chi connectivity index (χ1v) is 12.0. The number of nitrogens with two attached hydrogens (primary N) is 1. The molecule has 3 aliphatic carbocycles. The molecule has 0 saturated carbocycles. The Bertz CT molecular complexity index is 1280. The number of aliphatic hydroxyl groups excluding tert-OH is 2. The van der Waals surface area contributed by atoms with Crippen LogP contribution in [0.15, 0.2) is 28.7 Å². The van der Waals surface area contributed by atoms with Crippen LogP contribution in [0, 0.1) is 11.8 Å². The maximum atomic E-state index is 13.9. The van der Waals surface area contributed by atoms with Gasteiger partial charge >= 0.3 is 0 Å². The number of hydrogen-bond donors (Lipinski definition) is 5. The Balaban J connectivity index is 1.98. The molecule has 0 heterocycles. The number of aromatic hydroxyl groups is 1. The first-order chi connectivity index (χ1) is 17.1. The Labute approximate surface area is 215 Å². The van der Waals surface area contributed by atoms with Crippen LogP contribution in [0.25, 0.3) is 0 Å². The van der Waals surface area contributed by atoms with Crippen LogP contribution < -0.4 is 10.6 Å². The number of phenols is 1. The fraction of sp³-hybridized carbons (Fsp3) is 0.500. The summed E-state index contributed by atoms with van der Waals surface area (Å²) in [7, 11) is 10.5. The maximum absolute atomic E-state index is 13.9. The van der Waals surface area contributed by atoms with E-state index in [9.17, 15) is 34.8 Å². The Morgan fingerprint density at radius 2 is 1.73 bits per heavy atom. The van der Waals surface area contributed by atoms with E-state index in [0.717, 1.165) is 5.69 Å². The highest BCUT2D eigenvalue weighted by Gasteiger charge is 2.63. The number of aliphatic hydroxyl groups is 3. The molecule has 0 aliphatic heterocycles. The van der Waals surface area contributed by atoms with Crippen molar-refractivity contribution in [3.05, 3.63) is 45.4 Å². The molecule has 200 valence electrons. The number of Topliss-reactive ketones (excluding diaryl/α,β-unsaturated/α-hetero) is 2. The number of fused-ring (bicyclic) bond motifs is 3. The van der Waals surface area contributed by atoms with Gasteiger partial charge in [0.1, 0.15) is 22.8 Å². The predicted octanol–water partition coefficient (Wildman–Crippen LogP) is 0.248. The summed E-state index contributed by atoms with van der Waals surface area (Å²) in [6.45, 7) is 0.350. The van der Waals surface area contributed by atoms with E-state index in [2.05, 4.69) is 0 Å². The number of rotatable bonds is 5. The van der Waals surface area contributed by atoms with Crippen LogP contribution in [-0.2, 0) is 22.6 Å². The standard InChI is InChI=1S/C26H34N4O7/c1-28(2)10-12-9-15(29(3)4)13-7-11-8-14-19(30(5)6)22(33)18(25(27)36)24(35)26(14,37)23(34)16(11)21(32)17(13)20(12)31/h9,11,14,19,31,33-34,37H,7-8,10H2,1-6H3,(H2,27,36). The first-order valence-electron chi connectivity index (χ1n) is 12.0. The number of benzene rings is 1. The zero-order valence-corrected chi connectivity index (χ0v) is 21.9. The minimum absolute atomic E-state index is 0.0174. The van der Waals surface area contributed by atoms with Gasteiger partial charge in [0, 0.05) is 43.4 Å². The summed E-state index contributed by atoms with van der Waals surface area (Å²) in [5.41, 5.74) is 3.60. The van der Waals surface area contributed by atoms with Gasteiger partial charge in [-0.2, -0.15) is 0 Å². The molecule has 6 N–H and O–H groups in total.